The number of hydrogen-bond acceptors (Lipinski definition) is 5. The summed E-state index contributed by atoms with van der Waals surface area (Å²) in [5.41, 5.74) is -0.816. The van der Waals surface area contributed by atoms with Gasteiger partial charge in [0.2, 0.25) is 0 Å². The zero-order chi connectivity index (χ0) is 13.9. The Bertz CT molecular complexity index is 445. The third-order valence-corrected chi connectivity index (χ3v) is 5.20. The predicted octanol–water partition coefficient (Wildman–Crippen LogP) is 2.13. The largest absolute Gasteiger partial charge is 0.481 e. The summed E-state index contributed by atoms with van der Waals surface area (Å²) in [6.45, 7) is 3.96. The summed E-state index contributed by atoms with van der Waals surface area (Å²) in [6, 6.07) is 0. The van der Waals surface area contributed by atoms with Crippen LogP contribution >= 0.6 is 11.8 Å². The Labute approximate surface area is 117 Å². The molecule has 1 aliphatic heterocycles. The number of tetrazole rings is 1. The first-order valence-corrected chi connectivity index (χ1v) is 7.73. The fourth-order valence-electron chi connectivity index (χ4n) is 2.16. The average Bonchev–Trinajstić information content (AvgIpc) is 2.87. The van der Waals surface area contributed by atoms with Crippen LogP contribution < -0.4 is 0 Å². The van der Waals surface area contributed by atoms with E-state index in [9.17, 15) is 9.90 Å². The van der Waals surface area contributed by atoms with Crippen molar-refractivity contribution in [1.29, 1.82) is 0 Å². The van der Waals surface area contributed by atoms with Crippen molar-refractivity contribution >= 4 is 17.7 Å². The van der Waals surface area contributed by atoms with Gasteiger partial charge in [0.05, 0.1) is 17.2 Å². The number of carboxylic acids is 1. The summed E-state index contributed by atoms with van der Waals surface area (Å²) in [5, 5.41) is 21.5. The molecule has 0 aliphatic carbocycles. The molecule has 7 heteroatoms. The molecule has 1 fully saturated rings. The molecule has 1 saturated heterocycles. The Kier molecular flexibility index (Phi) is 4.44. The maximum absolute atomic E-state index is 11.4. The lowest BCUT2D eigenvalue weighted by Gasteiger charge is -2.25. The van der Waals surface area contributed by atoms with Crippen LogP contribution in [0.4, 0.5) is 0 Å². The first-order chi connectivity index (χ1) is 9.07. The standard InChI is InChI=1S/C12H20N4O2S/c1-3-12(2,11(17)18)8-16-10(13-14-15-16)9-6-4-5-7-19-9/h9H,3-8H2,1-2H3,(H,17,18). The van der Waals surface area contributed by atoms with Gasteiger partial charge >= 0.3 is 5.97 Å². The predicted molar refractivity (Wildman–Crippen MR) is 72.9 cm³/mol. The minimum atomic E-state index is -0.816. The first-order valence-electron chi connectivity index (χ1n) is 6.68. The second kappa shape index (κ2) is 5.90. The molecular weight excluding hydrogens is 264 g/mol. The van der Waals surface area contributed by atoms with Gasteiger partial charge in [-0.25, -0.2) is 4.68 Å². The zero-order valence-corrected chi connectivity index (χ0v) is 12.2. The fourth-order valence-corrected chi connectivity index (χ4v) is 3.47. The number of hydrogen-bond donors (Lipinski definition) is 1. The maximum Gasteiger partial charge on any atom is 0.311 e. The molecule has 2 rings (SSSR count). The van der Waals surface area contributed by atoms with E-state index in [4.69, 9.17) is 0 Å². The van der Waals surface area contributed by atoms with E-state index in [1.165, 1.54) is 12.8 Å². The second-order valence-corrected chi connectivity index (χ2v) is 6.58. The molecule has 0 spiro atoms. The number of thioether (sulfide) groups is 1. The lowest BCUT2D eigenvalue weighted by molar-refractivity contribution is -0.149. The summed E-state index contributed by atoms with van der Waals surface area (Å²) in [6.07, 6.45) is 4.05. The Morgan fingerprint density at radius 1 is 1.58 bits per heavy atom. The lowest BCUT2D eigenvalue weighted by atomic mass is 9.88. The van der Waals surface area contributed by atoms with E-state index < -0.39 is 11.4 Å². The second-order valence-electron chi connectivity index (χ2n) is 5.27. The van der Waals surface area contributed by atoms with Crippen molar-refractivity contribution in [3.8, 4) is 0 Å². The van der Waals surface area contributed by atoms with E-state index >= 15 is 0 Å². The van der Waals surface area contributed by atoms with Crippen molar-refractivity contribution in [3.05, 3.63) is 5.82 Å². The molecule has 2 atom stereocenters. The van der Waals surface area contributed by atoms with E-state index in [2.05, 4.69) is 15.5 Å². The van der Waals surface area contributed by atoms with Crippen LogP contribution in [0.3, 0.4) is 0 Å². The SMILES string of the molecule is CCC(C)(Cn1nnnc1C1CCCCS1)C(=O)O. The van der Waals surface area contributed by atoms with Crippen LogP contribution in [0.5, 0.6) is 0 Å². The molecule has 0 amide bonds. The molecule has 0 aromatic carbocycles. The van der Waals surface area contributed by atoms with Crippen LogP contribution in [0.15, 0.2) is 0 Å². The van der Waals surface area contributed by atoms with Crippen molar-refractivity contribution in [3.63, 3.8) is 0 Å². The molecule has 1 aliphatic rings. The van der Waals surface area contributed by atoms with Crippen molar-refractivity contribution in [2.75, 3.05) is 5.75 Å². The van der Waals surface area contributed by atoms with Crippen LogP contribution in [0, 0.1) is 5.41 Å². The minimum Gasteiger partial charge on any atom is -0.481 e. The number of aromatic nitrogens is 4. The quantitative estimate of drug-likeness (QED) is 0.892. The summed E-state index contributed by atoms with van der Waals surface area (Å²) in [5.74, 6) is 1.15. The summed E-state index contributed by atoms with van der Waals surface area (Å²) in [7, 11) is 0. The van der Waals surface area contributed by atoms with Crippen LogP contribution in [0.2, 0.25) is 0 Å². The third kappa shape index (κ3) is 3.08. The Balaban J connectivity index is 2.17. The van der Waals surface area contributed by atoms with Gasteiger partial charge in [-0.15, -0.1) is 5.10 Å². The maximum atomic E-state index is 11.4. The lowest BCUT2D eigenvalue weighted by Crippen LogP contribution is -2.33. The molecule has 6 nitrogen and oxygen atoms in total. The molecule has 106 valence electrons. The van der Waals surface area contributed by atoms with E-state index in [1.54, 1.807) is 11.6 Å². The molecule has 0 bridgehead atoms. The van der Waals surface area contributed by atoms with Crippen molar-refractivity contribution in [1.82, 2.24) is 20.2 Å². The Hall–Kier alpha value is -1.11. The molecular formula is C12H20N4O2S. The zero-order valence-electron chi connectivity index (χ0n) is 11.4. The van der Waals surface area contributed by atoms with Crippen LogP contribution in [0.1, 0.15) is 50.6 Å². The van der Waals surface area contributed by atoms with Gasteiger partial charge in [-0.3, -0.25) is 4.79 Å². The minimum absolute atomic E-state index is 0.304. The van der Waals surface area contributed by atoms with E-state index in [1.807, 2.05) is 18.7 Å². The normalized spacial score (nSPS) is 22.9. The highest BCUT2D eigenvalue weighted by molar-refractivity contribution is 7.99. The molecule has 19 heavy (non-hydrogen) atoms. The number of aliphatic carboxylic acids is 1. The fraction of sp³-hybridized carbons (Fsp3) is 0.833. The molecule has 0 saturated carbocycles. The Morgan fingerprint density at radius 3 is 2.95 bits per heavy atom. The van der Waals surface area contributed by atoms with Gasteiger partial charge in [-0.2, -0.15) is 11.8 Å². The monoisotopic (exact) mass is 284 g/mol. The average molecular weight is 284 g/mol. The third-order valence-electron chi connectivity index (χ3n) is 3.82. The smallest absolute Gasteiger partial charge is 0.311 e. The molecule has 2 unspecified atom stereocenters. The highest BCUT2D eigenvalue weighted by Gasteiger charge is 2.34. The van der Waals surface area contributed by atoms with Gasteiger partial charge in [-0.05, 0) is 42.4 Å². The van der Waals surface area contributed by atoms with Gasteiger partial charge in [0, 0.05) is 0 Å². The Morgan fingerprint density at radius 2 is 2.37 bits per heavy atom. The van der Waals surface area contributed by atoms with Crippen molar-refractivity contribution in [2.45, 2.75) is 51.3 Å². The van der Waals surface area contributed by atoms with Crippen molar-refractivity contribution in [2.24, 2.45) is 5.41 Å². The van der Waals surface area contributed by atoms with Gasteiger partial charge in [0.15, 0.2) is 5.82 Å². The summed E-state index contributed by atoms with van der Waals surface area (Å²) >= 11 is 1.87. The first kappa shape index (κ1) is 14.3. The van der Waals surface area contributed by atoms with Gasteiger partial charge in [-0.1, -0.05) is 13.3 Å². The molecule has 1 aromatic heterocycles. The molecule has 1 aromatic rings. The summed E-state index contributed by atoms with van der Waals surface area (Å²) in [4.78, 5) is 11.4. The highest BCUT2D eigenvalue weighted by Crippen LogP contribution is 2.37. The summed E-state index contributed by atoms with van der Waals surface area (Å²) < 4.78 is 1.68. The van der Waals surface area contributed by atoms with Crippen LogP contribution in [0.25, 0.3) is 0 Å². The van der Waals surface area contributed by atoms with Crippen molar-refractivity contribution < 1.29 is 9.90 Å². The number of carboxylic acid groups (broad SMARTS) is 1. The highest BCUT2D eigenvalue weighted by atomic mass is 32.2. The van der Waals surface area contributed by atoms with E-state index in [0.29, 0.717) is 18.2 Å². The van der Waals surface area contributed by atoms with Gasteiger partial charge in [0.25, 0.3) is 0 Å². The number of rotatable bonds is 5. The molecule has 1 N–H and O–H groups in total. The van der Waals surface area contributed by atoms with Crippen LogP contribution in [-0.4, -0.2) is 37.0 Å². The molecule has 0 radical (unpaired) electrons. The molecule has 2 heterocycles. The number of nitrogens with zero attached hydrogens (tertiary/aromatic N) is 4. The van der Waals surface area contributed by atoms with Gasteiger partial charge in [0.1, 0.15) is 0 Å². The van der Waals surface area contributed by atoms with Crippen LogP contribution in [-0.2, 0) is 11.3 Å². The van der Waals surface area contributed by atoms with E-state index in [-0.39, 0.29) is 0 Å². The topological polar surface area (TPSA) is 80.9 Å². The van der Waals surface area contributed by atoms with Gasteiger partial charge < -0.3 is 5.11 Å². The van der Waals surface area contributed by atoms with E-state index in [0.717, 1.165) is 18.0 Å². The number of carbonyl (C=O) groups is 1.